The van der Waals surface area contributed by atoms with E-state index in [2.05, 4.69) is 10.6 Å². The molecule has 0 spiro atoms. The summed E-state index contributed by atoms with van der Waals surface area (Å²) < 4.78 is 5.09. The summed E-state index contributed by atoms with van der Waals surface area (Å²) in [6.45, 7) is 2.35. The number of carbonyl (C=O) groups excluding carboxylic acids is 2. The van der Waals surface area contributed by atoms with Crippen LogP contribution in [-0.4, -0.2) is 31.6 Å². The monoisotopic (exact) mass is 340 g/mol. The van der Waals surface area contributed by atoms with Gasteiger partial charge in [0.1, 0.15) is 0 Å². The first-order chi connectivity index (χ1) is 12.1. The second-order valence-corrected chi connectivity index (χ2v) is 5.84. The Morgan fingerprint density at radius 2 is 1.72 bits per heavy atom. The second kappa shape index (κ2) is 9.59. The number of anilines is 1. The minimum atomic E-state index is -0.202. The van der Waals surface area contributed by atoms with Gasteiger partial charge in [-0.3, -0.25) is 9.59 Å². The van der Waals surface area contributed by atoms with Gasteiger partial charge in [0.05, 0.1) is 23.8 Å². The predicted octanol–water partition coefficient (Wildman–Crippen LogP) is 3.02. The van der Waals surface area contributed by atoms with Crippen LogP contribution in [0.2, 0.25) is 0 Å². The van der Waals surface area contributed by atoms with Crippen LogP contribution in [0.25, 0.3) is 0 Å². The molecule has 0 aliphatic rings. The molecule has 5 nitrogen and oxygen atoms in total. The molecule has 0 unspecified atom stereocenters. The lowest BCUT2D eigenvalue weighted by Gasteiger charge is -2.13. The molecule has 25 heavy (non-hydrogen) atoms. The fourth-order valence-corrected chi connectivity index (χ4v) is 2.40. The molecule has 0 heterocycles. The standard InChI is InChI=1S/C20H24N2O3/c1-15(25-2)14-19(23)22-18-11-7-6-10-17(18)20(24)21-13-12-16-8-4-3-5-9-16/h3-11,15H,12-14H2,1-2H3,(H,21,24)(H,22,23)/t15-/m1/s1. The largest absolute Gasteiger partial charge is 0.381 e. The molecule has 0 aliphatic heterocycles. The Balaban J connectivity index is 1.94. The Labute approximate surface area is 148 Å². The van der Waals surface area contributed by atoms with Crippen molar-refractivity contribution in [3.05, 3.63) is 65.7 Å². The molecule has 0 radical (unpaired) electrons. The normalized spacial score (nSPS) is 11.6. The van der Waals surface area contributed by atoms with Crippen molar-refractivity contribution in [1.29, 1.82) is 0 Å². The van der Waals surface area contributed by atoms with Crippen molar-refractivity contribution in [2.75, 3.05) is 19.0 Å². The Morgan fingerprint density at radius 1 is 1.04 bits per heavy atom. The van der Waals surface area contributed by atoms with E-state index in [1.165, 1.54) is 0 Å². The van der Waals surface area contributed by atoms with Gasteiger partial charge in [-0.15, -0.1) is 0 Å². The molecule has 0 aromatic heterocycles. The molecule has 2 amide bonds. The average molecular weight is 340 g/mol. The zero-order valence-electron chi connectivity index (χ0n) is 14.6. The molecule has 2 aromatic rings. The predicted molar refractivity (Wildman–Crippen MR) is 98.6 cm³/mol. The van der Waals surface area contributed by atoms with Crippen molar-refractivity contribution in [1.82, 2.24) is 5.32 Å². The molecule has 0 aliphatic carbocycles. The molecule has 5 heteroatoms. The zero-order valence-corrected chi connectivity index (χ0v) is 14.6. The molecule has 1 atom stereocenters. The maximum atomic E-state index is 12.4. The van der Waals surface area contributed by atoms with Crippen LogP contribution < -0.4 is 10.6 Å². The molecule has 2 aromatic carbocycles. The summed E-state index contributed by atoms with van der Waals surface area (Å²) in [5.41, 5.74) is 2.12. The van der Waals surface area contributed by atoms with Crippen molar-refractivity contribution in [3.8, 4) is 0 Å². The fraction of sp³-hybridized carbons (Fsp3) is 0.300. The van der Waals surface area contributed by atoms with Crippen LogP contribution in [0.15, 0.2) is 54.6 Å². The number of hydrogen-bond donors (Lipinski definition) is 2. The van der Waals surface area contributed by atoms with Crippen LogP contribution in [0, 0.1) is 0 Å². The molecule has 2 N–H and O–H groups in total. The van der Waals surface area contributed by atoms with Gasteiger partial charge in [-0.2, -0.15) is 0 Å². The van der Waals surface area contributed by atoms with Crippen LogP contribution >= 0.6 is 0 Å². The van der Waals surface area contributed by atoms with Crippen LogP contribution in [-0.2, 0) is 16.0 Å². The Bertz CT molecular complexity index is 701. The first kappa shape index (κ1) is 18.7. The van der Waals surface area contributed by atoms with E-state index in [1.54, 1.807) is 31.4 Å². The number of carbonyl (C=O) groups is 2. The maximum absolute atomic E-state index is 12.4. The van der Waals surface area contributed by atoms with E-state index in [0.717, 1.165) is 12.0 Å². The van der Waals surface area contributed by atoms with E-state index >= 15 is 0 Å². The third-order valence-corrected chi connectivity index (χ3v) is 3.86. The summed E-state index contributed by atoms with van der Waals surface area (Å²) in [5.74, 6) is -0.384. The van der Waals surface area contributed by atoms with E-state index in [-0.39, 0.29) is 24.3 Å². The number of amides is 2. The lowest BCUT2D eigenvalue weighted by Crippen LogP contribution is -2.27. The van der Waals surface area contributed by atoms with Gasteiger partial charge in [0.2, 0.25) is 5.91 Å². The molecule has 132 valence electrons. The van der Waals surface area contributed by atoms with Gasteiger partial charge in [-0.1, -0.05) is 42.5 Å². The molecule has 2 rings (SSSR count). The molecular weight excluding hydrogens is 316 g/mol. The maximum Gasteiger partial charge on any atom is 0.253 e. The smallest absolute Gasteiger partial charge is 0.253 e. The summed E-state index contributed by atoms with van der Waals surface area (Å²) in [6, 6.07) is 17.0. The minimum Gasteiger partial charge on any atom is -0.381 e. The number of hydrogen-bond acceptors (Lipinski definition) is 3. The van der Waals surface area contributed by atoms with E-state index in [0.29, 0.717) is 17.8 Å². The van der Waals surface area contributed by atoms with Crippen LogP contribution in [0.4, 0.5) is 5.69 Å². The molecular formula is C20H24N2O3. The highest BCUT2D eigenvalue weighted by Crippen LogP contribution is 2.15. The quantitative estimate of drug-likeness (QED) is 0.776. The first-order valence-corrected chi connectivity index (χ1v) is 8.34. The fourth-order valence-electron chi connectivity index (χ4n) is 2.40. The van der Waals surface area contributed by atoms with E-state index in [4.69, 9.17) is 4.74 Å². The van der Waals surface area contributed by atoms with E-state index < -0.39 is 0 Å². The van der Waals surface area contributed by atoms with Crippen LogP contribution in [0.1, 0.15) is 29.3 Å². The van der Waals surface area contributed by atoms with Gasteiger partial charge in [0.15, 0.2) is 0 Å². The van der Waals surface area contributed by atoms with Gasteiger partial charge in [-0.25, -0.2) is 0 Å². The van der Waals surface area contributed by atoms with Crippen LogP contribution in [0.3, 0.4) is 0 Å². The van der Waals surface area contributed by atoms with Crippen molar-refractivity contribution in [3.63, 3.8) is 0 Å². The Kier molecular flexibility index (Phi) is 7.16. The van der Waals surface area contributed by atoms with Gasteiger partial charge < -0.3 is 15.4 Å². The Hall–Kier alpha value is -2.66. The number of para-hydroxylation sites is 1. The SMILES string of the molecule is CO[C@H](C)CC(=O)Nc1ccccc1C(=O)NCCc1ccccc1. The topological polar surface area (TPSA) is 67.4 Å². The summed E-state index contributed by atoms with van der Waals surface area (Å²) in [7, 11) is 1.56. The van der Waals surface area contributed by atoms with Crippen molar-refractivity contribution >= 4 is 17.5 Å². The van der Waals surface area contributed by atoms with E-state index in [1.807, 2.05) is 37.3 Å². The zero-order chi connectivity index (χ0) is 18.1. The highest BCUT2D eigenvalue weighted by Gasteiger charge is 2.14. The molecule has 0 fully saturated rings. The summed E-state index contributed by atoms with van der Waals surface area (Å²) in [6.07, 6.45) is 0.819. The van der Waals surface area contributed by atoms with Gasteiger partial charge >= 0.3 is 0 Å². The number of ether oxygens (including phenoxy) is 1. The summed E-state index contributed by atoms with van der Waals surface area (Å²) in [5, 5.41) is 5.68. The van der Waals surface area contributed by atoms with Gasteiger partial charge in [0.25, 0.3) is 5.91 Å². The lowest BCUT2D eigenvalue weighted by atomic mass is 10.1. The van der Waals surface area contributed by atoms with Crippen molar-refractivity contribution in [2.24, 2.45) is 0 Å². The number of benzene rings is 2. The average Bonchev–Trinajstić information content (AvgIpc) is 2.62. The minimum absolute atomic E-state index is 0.174. The molecule has 0 saturated carbocycles. The number of methoxy groups -OCH3 is 1. The third kappa shape index (κ3) is 6.04. The molecule has 0 saturated heterocycles. The first-order valence-electron chi connectivity index (χ1n) is 8.34. The third-order valence-electron chi connectivity index (χ3n) is 3.86. The lowest BCUT2D eigenvalue weighted by molar-refractivity contribution is -0.118. The van der Waals surface area contributed by atoms with Crippen LogP contribution in [0.5, 0.6) is 0 Å². The van der Waals surface area contributed by atoms with Crippen molar-refractivity contribution < 1.29 is 14.3 Å². The van der Waals surface area contributed by atoms with Gasteiger partial charge in [-0.05, 0) is 31.0 Å². The highest BCUT2D eigenvalue weighted by atomic mass is 16.5. The number of rotatable bonds is 8. The molecule has 0 bridgehead atoms. The highest BCUT2D eigenvalue weighted by molar-refractivity contribution is 6.03. The summed E-state index contributed by atoms with van der Waals surface area (Å²) in [4.78, 5) is 24.5. The Morgan fingerprint density at radius 3 is 2.44 bits per heavy atom. The van der Waals surface area contributed by atoms with E-state index in [9.17, 15) is 9.59 Å². The van der Waals surface area contributed by atoms with Crippen molar-refractivity contribution in [2.45, 2.75) is 25.9 Å². The second-order valence-electron chi connectivity index (χ2n) is 5.84. The van der Waals surface area contributed by atoms with Gasteiger partial charge in [0, 0.05) is 13.7 Å². The number of nitrogens with one attached hydrogen (secondary N) is 2. The summed E-state index contributed by atoms with van der Waals surface area (Å²) >= 11 is 0.